The third-order valence-electron chi connectivity index (χ3n) is 2.43. The molecule has 0 aliphatic carbocycles. The van der Waals surface area contributed by atoms with Gasteiger partial charge in [-0.25, -0.2) is 4.98 Å². The predicted molar refractivity (Wildman–Crippen MR) is 83.3 cm³/mol. The molecule has 7 heteroatoms. The lowest BCUT2D eigenvalue weighted by Crippen LogP contribution is -2.04. The van der Waals surface area contributed by atoms with Gasteiger partial charge in [0, 0.05) is 11.0 Å². The number of aromatic nitrogens is 2. The van der Waals surface area contributed by atoms with Gasteiger partial charge in [-0.05, 0) is 41.1 Å². The summed E-state index contributed by atoms with van der Waals surface area (Å²) in [7, 11) is 0. The lowest BCUT2D eigenvalue weighted by atomic mass is 10.2. The number of halogens is 2. The van der Waals surface area contributed by atoms with Crippen LogP contribution in [0.3, 0.4) is 0 Å². The van der Waals surface area contributed by atoms with Crippen molar-refractivity contribution >= 4 is 45.0 Å². The van der Waals surface area contributed by atoms with Crippen molar-refractivity contribution in [3.63, 3.8) is 0 Å². The zero-order chi connectivity index (χ0) is 14.5. The number of nitrogens with one attached hydrogen (secondary N) is 2. The van der Waals surface area contributed by atoms with E-state index in [4.69, 9.17) is 16.9 Å². The summed E-state index contributed by atoms with van der Waals surface area (Å²) < 4.78 is 0.760. The van der Waals surface area contributed by atoms with Crippen molar-refractivity contribution in [1.29, 1.82) is 5.26 Å². The van der Waals surface area contributed by atoms with Crippen LogP contribution < -0.4 is 10.6 Å². The molecule has 0 radical (unpaired) electrons. The Balaban J connectivity index is 2.30. The fourth-order valence-electron chi connectivity index (χ4n) is 1.51. The van der Waals surface area contributed by atoms with Gasteiger partial charge in [0.2, 0.25) is 5.95 Å². The monoisotopic (exact) mass is 351 g/mol. The normalized spacial score (nSPS) is 9.90. The van der Waals surface area contributed by atoms with Crippen LogP contribution in [0.2, 0.25) is 5.02 Å². The van der Waals surface area contributed by atoms with E-state index in [2.05, 4.69) is 42.6 Å². The summed E-state index contributed by atoms with van der Waals surface area (Å²) in [5, 5.41) is 15.4. The quantitative estimate of drug-likeness (QED) is 0.872. The van der Waals surface area contributed by atoms with Gasteiger partial charge >= 0.3 is 0 Å². The second-order valence-corrected chi connectivity index (χ2v) is 5.11. The SMILES string of the molecule is CCNc1ncc(Cl)c(Nc2ccc(C#N)cc2Br)n1. The Morgan fingerprint density at radius 1 is 1.45 bits per heavy atom. The summed E-state index contributed by atoms with van der Waals surface area (Å²) in [5.41, 5.74) is 1.34. The molecule has 0 saturated carbocycles. The molecule has 2 aromatic rings. The van der Waals surface area contributed by atoms with Crippen LogP contribution in [-0.4, -0.2) is 16.5 Å². The maximum absolute atomic E-state index is 8.84. The number of hydrogen-bond donors (Lipinski definition) is 2. The smallest absolute Gasteiger partial charge is 0.224 e. The molecule has 20 heavy (non-hydrogen) atoms. The van der Waals surface area contributed by atoms with Gasteiger partial charge in [-0.15, -0.1) is 0 Å². The van der Waals surface area contributed by atoms with Crippen LogP contribution >= 0.6 is 27.5 Å². The van der Waals surface area contributed by atoms with Gasteiger partial charge in [0.25, 0.3) is 0 Å². The molecule has 0 bridgehead atoms. The molecular weight excluding hydrogens is 342 g/mol. The minimum absolute atomic E-state index is 0.419. The summed E-state index contributed by atoms with van der Waals surface area (Å²) in [6, 6.07) is 7.30. The largest absolute Gasteiger partial charge is 0.354 e. The highest BCUT2D eigenvalue weighted by Gasteiger charge is 2.08. The van der Waals surface area contributed by atoms with Gasteiger partial charge in [0.1, 0.15) is 5.02 Å². The first kappa shape index (κ1) is 14.6. The average Bonchev–Trinajstić information content (AvgIpc) is 2.44. The van der Waals surface area contributed by atoms with E-state index in [0.29, 0.717) is 22.4 Å². The van der Waals surface area contributed by atoms with Gasteiger partial charge in [0.05, 0.1) is 23.5 Å². The maximum Gasteiger partial charge on any atom is 0.224 e. The summed E-state index contributed by atoms with van der Waals surface area (Å²) >= 11 is 9.48. The Bertz CT molecular complexity index is 668. The summed E-state index contributed by atoms with van der Waals surface area (Å²) in [4.78, 5) is 8.36. The third kappa shape index (κ3) is 3.38. The zero-order valence-corrected chi connectivity index (χ0v) is 13.0. The molecule has 0 saturated heterocycles. The van der Waals surface area contributed by atoms with Crippen LogP contribution in [-0.2, 0) is 0 Å². The number of hydrogen-bond acceptors (Lipinski definition) is 5. The van der Waals surface area contributed by atoms with E-state index < -0.39 is 0 Å². The topological polar surface area (TPSA) is 73.6 Å². The molecule has 0 spiro atoms. The van der Waals surface area contributed by atoms with Crippen LogP contribution in [0.5, 0.6) is 0 Å². The molecule has 0 unspecified atom stereocenters. The molecule has 0 fully saturated rings. The Morgan fingerprint density at radius 2 is 2.25 bits per heavy atom. The van der Waals surface area contributed by atoms with E-state index in [1.165, 1.54) is 6.20 Å². The molecule has 1 heterocycles. The molecule has 1 aromatic carbocycles. The third-order valence-corrected chi connectivity index (χ3v) is 3.36. The Morgan fingerprint density at radius 3 is 2.90 bits per heavy atom. The van der Waals surface area contributed by atoms with Crippen LogP contribution in [0, 0.1) is 11.3 Å². The summed E-state index contributed by atoms with van der Waals surface area (Å²) in [6.07, 6.45) is 1.53. The van der Waals surface area contributed by atoms with E-state index in [1.54, 1.807) is 18.2 Å². The van der Waals surface area contributed by atoms with Gasteiger partial charge in [-0.1, -0.05) is 11.6 Å². The highest BCUT2D eigenvalue weighted by molar-refractivity contribution is 9.10. The number of rotatable bonds is 4. The molecule has 0 atom stereocenters. The zero-order valence-electron chi connectivity index (χ0n) is 10.6. The number of nitriles is 1. The van der Waals surface area contributed by atoms with Crippen LogP contribution in [0.1, 0.15) is 12.5 Å². The van der Waals surface area contributed by atoms with Crippen LogP contribution in [0.25, 0.3) is 0 Å². The Kier molecular flexibility index (Phi) is 4.77. The lowest BCUT2D eigenvalue weighted by Gasteiger charge is -2.10. The number of anilines is 3. The second kappa shape index (κ2) is 6.55. The fourth-order valence-corrected chi connectivity index (χ4v) is 2.13. The molecule has 0 aliphatic heterocycles. The highest BCUT2D eigenvalue weighted by Crippen LogP contribution is 2.29. The van der Waals surface area contributed by atoms with Gasteiger partial charge < -0.3 is 10.6 Å². The van der Waals surface area contributed by atoms with Crippen molar-refractivity contribution < 1.29 is 0 Å². The van der Waals surface area contributed by atoms with Crippen molar-refractivity contribution in [3.05, 3.63) is 39.5 Å². The van der Waals surface area contributed by atoms with Crippen molar-refractivity contribution in [2.45, 2.75) is 6.92 Å². The van der Waals surface area contributed by atoms with E-state index in [9.17, 15) is 0 Å². The van der Waals surface area contributed by atoms with E-state index in [0.717, 1.165) is 16.7 Å². The fraction of sp³-hybridized carbons (Fsp3) is 0.154. The standard InChI is InChI=1S/C13H11BrClN5/c1-2-17-13-18-7-10(15)12(20-13)19-11-4-3-8(6-16)5-9(11)14/h3-5,7H,2H2,1H3,(H2,17,18,19,20). The Labute approximate surface area is 130 Å². The molecule has 2 rings (SSSR count). The molecule has 102 valence electrons. The minimum atomic E-state index is 0.419. The highest BCUT2D eigenvalue weighted by atomic mass is 79.9. The number of nitrogens with zero attached hydrogens (tertiary/aromatic N) is 3. The Hall–Kier alpha value is -1.84. The van der Waals surface area contributed by atoms with Crippen molar-refractivity contribution in [3.8, 4) is 6.07 Å². The number of benzene rings is 1. The summed E-state index contributed by atoms with van der Waals surface area (Å²) in [6.45, 7) is 2.68. The van der Waals surface area contributed by atoms with Crippen molar-refractivity contribution in [1.82, 2.24) is 9.97 Å². The second-order valence-electron chi connectivity index (χ2n) is 3.85. The molecule has 1 aromatic heterocycles. The van der Waals surface area contributed by atoms with E-state index >= 15 is 0 Å². The minimum Gasteiger partial charge on any atom is -0.354 e. The average molecular weight is 353 g/mol. The van der Waals surface area contributed by atoms with Crippen molar-refractivity contribution in [2.24, 2.45) is 0 Å². The maximum atomic E-state index is 8.84. The first-order chi connectivity index (χ1) is 9.63. The first-order valence-corrected chi connectivity index (χ1v) is 7.04. The van der Waals surface area contributed by atoms with Gasteiger partial charge in [-0.3, -0.25) is 0 Å². The predicted octanol–water partition coefficient (Wildman–Crippen LogP) is 3.94. The first-order valence-electron chi connectivity index (χ1n) is 5.87. The molecule has 2 N–H and O–H groups in total. The lowest BCUT2D eigenvalue weighted by molar-refractivity contribution is 1.09. The van der Waals surface area contributed by atoms with Crippen LogP contribution in [0.15, 0.2) is 28.9 Å². The van der Waals surface area contributed by atoms with Gasteiger partial charge in [0.15, 0.2) is 5.82 Å². The molecule has 0 amide bonds. The molecular formula is C13H11BrClN5. The van der Waals surface area contributed by atoms with Crippen molar-refractivity contribution in [2.75, 3.05) is 17.2 Å². The van der Waals surface area contributed by atoms with E-state index in [1.807, 2.05) is 6.92 Å². The molecule has 0 aliphatic rings. The van der Waals surface area contributed by atoms with Crippen LogP contribution in [0.4, 0.5) is 17.5 Å². The van der Waals surface area contributed by atoms with Gasteiger partial charge in [-0.2, -0.15) is 10.2 Å². The molecule has 5 nitrogen and oxygen atoms in total. The summed E-state index contributed by atoms with van der Waals surface area (Å²) in [5.74, 6) is 1.01. The van der Waals surface area contributed by atoms with E-state index in [-0.39, 0.29) is 0 Å².